The fourth-order valence-electron chi connectivity index (χ4n) is 2.28. The molecule has 90 valence electrons. The second-order valence-corrected chi connectivity index (χ2v) is 4.25. The Morgan fingerprint density at radius 2 is 2.00 bits per heavy atom. The number of hydrogen-bond acceptors (Lipinski definition) is 2. The number of hydrogen-bond donors (Lipinski definition) is 1. The summed E-state index contributed by atoms with van der Waals surface area (Å²) in [6, 6.07) is 3.91. The van der Waals surface area contributed by atoms with Crippen LogP contribution in [0.25, 0.3) is 10.9 Å². The maximum Gasteiger partial charge on any atom is 0.251 e. The number of carbonyl (C=O) groups is 1. The molecular formula is C13H16N2O2. The van der Waals surface area contributed by atoms with E-state index in [2.05, 4.69) is 0 Å². The molecule has 1 heterocycles. The second kappa shape index (κ2) is 3.80. The number of ether oxygens (including phenoxy) is 1. The quantitative estimate of drug-likeness (QED) is 0.859. The Kier molecular flexibility index (Phi) is 2.58. The molecule has 2 aromatic rings. The molecule has 0 saturated carbocycles. The highest BCUT2D eigenvalue weighted by molar-refractivity contribution is 6.09. The number of amides is 1. The van der Waals surface area contributed by atoms with Crippen molar-refractivity contribution in [1.29, 1.82) is 0 Å². The number of nitrogens with zero attached hydrogens (tertiary/aromatic N) is 1. The normalized spacial score (nSPS) is 10.8. The molecule has 0 saturated heterocycles. The molecule has 2 rings (SSSR count). The van der Waals surface area contributed by atoms with Crippen molar-refractivity contribution in [2.75, 3.05) is 7.11 Å². The molecule has 0 unspecified atom stereocenters. The third-order valence-electron chi connectivity index (χ3n) is 3.16. The first-order valence-corrected chi connectivity index (χ1v) is 5.40. The van der Waals surface area contributed by atoms with Gasteiger partial charge in [0, 0.05) is 18.1 Å². The summed E-state index contributed by atoms with van der Waals surface area (Å²) in [4.78, 5) is 11.5. The topological polar surface area (TPSA) is 57.2 Å². The molecule has 4 nitrogen and oxygen atoms in total. The maximum absolute atomic E-state index is 11.5. The summed E-state index contributed by atoms with van der Waals surface area (Å²) in [5, 5.41) is 0.856. The highest BCUT2D eigenvalue weighted by Gasteiger charge is 2.19. The van der Waals surface area contributed by atoms with Crippen LogP contribution in [-0.4, -0.2) is 17.6 Å². The summed E-state index contributed by atoms with van der Waals surface area (Å²) < 4.78 is 7.30. The van der Waals surface area contributed by atoms with Gasteiger partial charge in [0.15, 0.2) is 0 Å². The van der Waals surface area contributed by atoms with Gasteiger partial charge in [-0.3, -0.25) is 4.79 Å². The molecule has 0 atom stereocenters. The molecule has 0 aliphatic rings. The van der Waals surface area contributed by atoms with Gasteiger partial charge in [0.05, 0.1) is 18.2 Å². The Morgan fingerprint density at radius 3 is 2.53 bits per heavy atom. The lowest BCUT2D eigenvalue weighted by Gasteiger charge is -2.06. The summed E-state index contributed by atoms with van der Waals surface area (Å²) in [5.74, 6) is 0.360. The number of aromatic nitrogens is 1. The minimum absolute atomic E-state index is 0.402. The highest BCUT2D eigenvalue weighted by atomic mass is 16.5. The molecule has 0 aliphatic heterocycles. The number of aryl methyl sites for hydroxylation is 2. The fourth-order valence-corrected chi connectivity index (χ4v) is 2.28. The van der Waals surface area contributed by atoms with Crippen LogP contribution in [-0.2, 0) is 7.05 Å². The van der Waals surface area contributed by atoms with Gasteiger partial charge in [0.1, 0.15) is 5.75 Å². The first-order valence-electron chi connectivity index (χ1n) is 5.40. The average Bonchev–Trinajstić information content (AvgIpc) is 2.50. The lowest BCUT2D eigenvalue weighted by atomic mass is 10.1. The summed E-state index contributed by atoms with van der Waals surface area (Å²) in [5.41, 5.74) is 8.82. The first-order chi connectivity index (χ1) is 7.97. The van der Waals surface area contributed by atoms with Gasteiger partial charge in [-0.15, -0.1) is 0 Å². The van der Waals surface area contributed by atoms with Crippen LogP contribution in [0.1, 0.15) is 21.6 Å². The molecule has 4 heteroatoms. The fraction of sp³-hybridized carbons (Fsp3) is 0.308. The van der Waals surface area contributed by atoms with Gasteiger partial charge in [0.2, 0.25) is 0 Å². The molecule has 0 radical (unpaired) electrons. The van der Waals surface area contributed by atoms with Gasteiger partial charge in [0.25, 0.3) is 5.91 Å². The zero-order valence-electron chi connectivity index (χ0n) is 10.5. The van der Waals surface area contributed by atoms with E-state index in [9.17, 15) is 4.79 Å². The van der Waals surface area contributed by atoms with Crippen molar-refractivity contribution < 1.29 is 9.53 Å². The van der Waals surface area contributed by atoms with Gasteiger partial charge in [-0.1, -0.05) is 0 Å². The summed E-state index contributed by atoms with van der Waals surface area (Å²) in [6.07, 6.45) is 0. The van der Waals surface area contributed by atoms with E-state index in [-0.39, 0.29) is 0 Å². The van der Waals surface area contributed by atoms with E-state index >= 15 is 0 Å². The molecule has 17 heavy (non-hydrogen) atoms. The van der Waals surface area contributed by atoms with Crippen LogP contribution in [0, 0.1) is 13.8 Å². The second-order valence-electron chi connectivity index (χ2n) is 4.25. The maximum atomic E-state index is 11.5. The highest BCUT2D eigenvalue weighted by Crippen LogP contribution is 2.33. The lowest BCUT2D eigenvalue weighted by molar-refractivity contribution is 0.100. The van der Waals surface area contributed by atoms with Gasteiger partial charge in [-0.2, -0.15) is 0 Å². The number of carbonyl (C=O) groups excluding carboxylic acids is 1. The number of rotatable bonds is 2. The molecule has 0 spiro atoms. The monoisotopic (exact) mass is 232 g/mol. The van der Waals surface area contributed by atoms with Gasteiger partial charge < -0.3 is 15.0 Å². The van der Waals surface area contributed by atoms with E-state index in [1.54, 1.807) is 7.11 Å². The van der Waals surface area contributed by atoms with Crippen molar-refractivity contribution in [2.24, 2.45) is 12.8 Å². The summed E-state index contributed by atoms with van der Waals surface area (Å²) in [7, 11) is 3.53. The zero-order valence-corrected chi connectivity index (χ0v) is 10.5. The molecule has 0 aliphatic carbocycles. The lowest BCUT2D eigenvalue weighted by Crippen LogP contribution is -2.12. The van der Waals surface area contributed by atoms with Crippen molar-refractivity contribution in [3.8, 4) is 5.75 Å². The zero-order chi connectivity index (χ0) is 12.7. The van der Waals surface area contributed by atoms with Crippen LogP contribution in [0.15, 0.2) is 12.1 Å². The largest absolute Gasteiger partial charge is 0.495 e. The average molecular weight is 232 g/mol. The molecule has 2 N–H and O–H groups in total. The Bertz CT molecular complexity index is 612. The Hall–Kier alpha value is -1.97. The number of primary amides is 1. The van der Waals surface area contributed by atoms with Gasteiger partial charge in [-0.05, 0) is 31.5 Å². The van der Waals surface area contributed by atoms with Crippen LogP contribution in [0.4, 0.5) is 0 Å². The third kappa shape index (κ3) is 1.56. The molecular weight excluding hydrogens is 216 g/mol. The molecule has 0 bridgehead atoms. The third-order valence-corrected chi connectivity index (χ3v) is 3.16. The van der Waals surface area contributed by atoms with E-state index in [4.69, 9.17) is 10.5 Å². The van der Waals surface area contributed by atoms with Crippen LogP contribution in [0.3, 0.4) is 0 Å². The predicted octanol–water partition coefficient (Wildman–Crippen LogP) is 1.90. The minimum Gasteiger partial charge on any atom is -0.495 e. The predicted molar refractivity (Wildman–Crippen MR) is 67.5 cm³/mol. The number of benzene rings is 1. The van der Waals surface area contributed by atoms with E-state index < -0.39 is 5.91 Å². The number of nitrogens with two attached hydrogens (primary N) is 1. The Labute approximate surface area is 100.0 Å². The van der Waals surface area contributed by atoms with Crippen molar-refractivity contribution in [3.63, 3.8) is 0 Å². The minimum atomic E-state index is -0.402. The molecule has 1 aromatic heterocycles. The van der Waals surface area contributed by atoms with Crippen molar-refractivity contribution in [2.45, 2.75) is 13.8 Å². The molecule has 0 fully saturated rings. The number of fused-ring (bicyclic) bond motifs is 1. The van der Waals surface area contributed by atoms with Crippen LogP contribution in [0.5, 0.6) is 5.75 Å². The van der Waals surface area contributed by atoms with E-state index in [0.29, 0.717) is 5.56 Å². The molecule has 1 aromatic carbocycles. The van der Waals surface area contributed by atoms with Crippen LogP contribution >= 0.6 is 0 Å². The van der Waals surface area contributed by atoms with Crippen molar-refractivity contribution >= 4 is 16.8 Å². The Morgan fingerprint density at radius 1 is 1.35 bits per heavy atom. The van der Waals surface area contributed by atoms with Crippen LogP contribution < -0.4 is 10.5 Å². The SMILES string of the molecule is COc1cc(C)cc2c(C(N)=O)c(C)n(C)c12. The standard InChI is InChI=1S/C13H16N2O2/c1-7-5-9-11(13(14)16)8(2)15(3)12(9)10(6-7)17-4/h5-6H,1-4H3,(H2,14,16). The number of methoxy groups -OCH3 is 1. The van der Waals surface area contributed by atoms with E-state index in [1.807, 2.05) is 37.6 Å². The van der Waals surface area contributed by atoms with E-state index in [1.165, 1.54) is 0 Å². The smallest absolute Gasteiger partial charge is 0.251 e. The summed E-state index contributed by atoms with van der Waals surface area (Å²) >= 11 is 0. The van der Waals surface area contributed by atoms with Crippen molar-refractivity contribution in [1.82, 2.24) is 4.57 Å². The van der Waals surface area contributed by atoms with Gasteiger partial charge >= 0.3 is 0 Å². The van der Waals surface area contributed by atoms with E-state index in [0.717, 1.165) is 27.9 Å². The van der Waals surface area contributed by atoms with Gasteiger partial charge in [-0.25, -0.2) is 0 Å². The first kappa shape index (κ1) is 11.5. The summed E-state index contributed by atoms with van der Waals surface area (Å²) in [6.45, 7) is 3.85. The Balaban J connectivity index is 2.99. The molecule has 1 amide bonds. The van der Waals surface area contributed by atoms with Crippen molar-refractivity contribution in [3.05, 3.63) is 29.0 Å². The van der Waals surface area contributed by atoms with Crippen LogP contribution in [0.2, 0.25) is 0 Å².